The Bertz CT molecular complexity index is 358. The first-order chi connectivity index (χ1) is 7.04. The quantitative estimate of drug-likeness (QED) is 0.822. The first-order valence-corrected chi connectivity index (χ1v) is 4.86. The highest BCUT2D eigenvalue weighted by Crippen LogP contribution is 2.14. The second-order valence-electron chi connectivity index (χ2n) is 3.70. The van der Waals surface area contributed by atoms with E-state index in [1.165, 1.54) is 7.11 Å². The van der Waals surface area contributed by atoms with Crippen molar-refractivity contribution < 1.29 is 14.6 Å². The van der Waals surface area contributed by atoms with Crippen LogP contribution in [0.2, 0.25) is 0 Å². The standard InChI is InChI=1S/C12H16O3/c1-8-4-5-9(2)10(6-8)7-11(15-3)12(13)14/h4-6,11H,7H2,1-3H3,(H,13,14)/t11-/m1/s1. The summed E-state index contributed by atoms with van der Waals surface area (Å²) in [7, 11) is 1.42. The van der Waals surface area contributed by atoms with E-state index in [0.717, 1.165) is 16.7 Å². The van der Waals surface area contributed by atoms with Crippen molar-refractivity contribution in [1.29, 1.82) is 0 Å². The average molecular weight is 208 g/mol. The smallest absolute Gasteiger partial charge is 0.333 e. The SMILES string of the molecule is CO[C@H](Cc1cc(C)ccc1C)C(=O)O. The van der Waals surface area contributed by atoms with Crippen LogP contribution in [0.3, 0.4) is 0 Å². The molecule has 0 aliphatic carbocycles. The molecule has 0 spiro atoms. The Balaban J connectivity index is 2.87. The van der Waals surface area contributed by atoms with Crippen molar-refractivity contribution in [2.24, 2.45) is 0 Å². The molecular weight excluding hydrogens is 192 g/mol. The normalized spacial score (nSPS) is 12.5. The molecule has 0 aromatic heterocycles. The number of rotatable bonds is 4. The highest BCUT2D eigenvalue weighted by Gasteiger charge is 2.17. The lowest BCUT2D eigenvalue weighted by atomic mass is 10.0. The van der Waals surface area contributed by atoms with Gasteiger partial charge in [0.05, 0.1) is 0 Å². The molecule has 0 bridgehead atoms. The maximum absolute atomic E-state index is 10.8. The topological polar surface area (TPSA) is 46.5 Å². The third-order valence-corrected chi connectivity index (χ3v) is 2.47. The number of benzene rings is 1. The van der Waals surface area contributed by atoms with Crippen LogP contribution in [-0.4, -0.2) is 24.3 Å². The summed E-state index contributed by atoms with van der Waals surface area (Å²) in [4.78, 5) is 10.8. The van der Waals surface area contributed by atoms with Gasteiger partial charge >= 0.3 is 5.97 Å². The molecule has 0 amide bonds. The average Bonchev–Trinajstić information content (AvgIpc) is 2.18. The molecule has 0 saturated heterocycles. The fraction of sp³-hybridized carbons (Fsp3) is 0.417. The molecule has 0 saturated carbocycles. The van der Waals surface area contributed by atoms with E-state index in [0.29, 0.717) is 6.42 Å². The van der Waals surface area contributed by atoms with Gasteiger partial charge in [0.15, 0.2) is 6.10 Å². The number of aliphatic carboxylic acids is 1. The van der Waals surface area contributed by atoms with Crippen LogP contribution in [-0.2, 0) is 16.0 Å². The van der Waals surface area contributed by atoms with Crippen LogP contribution in [0.4, 0.5) is 0 Å². The Labute approximate surface area is 89.7 Å². The number of aryl methyl sites for hydroxylation is 2. The predicted molar refractivity (Wildman–Crippen MR) is 58.1 cm³/mol. The fourth-order valence-electron chi connectivity index (χ4n) is 1.49. The van der Waals surface area contributed by atoms with Crippen molar-refractivity contribution in [3.8, 4) is 0 Å². The van der Waals surface area contributed by atoms with Crippen molar-refractivity contribution in [1.82, 2.24) is 0 Å². The Kier molecular flexibility index (Phi) is 3.86. The van der Waals surface area contributed by atoms with Gasteiger partial charge in [0.2, 0.25) is 0 Å². The van der Waals surface area contributed by atoms with E-state index >= 15 is 0 Å². The number of hydrogen-bond acceptors (Lipinski definition) is 2. The van der Waals surface area contributed by atoms with E-state index in [-0.39, 0.29) is 0 Å². The Morgan fingerprint density at radius 1 is 1.47 bits per heavy atom. The van der Waals surface area contributed by atoms with E-state index in [1.807, 2.05) is 32.0 Å². The van der Waals surface area contributed by atoms with Crippen molar-refractivity contribution in [3.63, 3.8) is 0 Å². The zero-order valence-electron chi connectivity index (χ0n) is 9.28. The molecule has 1 rings (SSSR count). The molecule has 0 aliphatic rings. The molecule has 1 N–H and O–H groups in total. The summed E-state index contributed by atoms with van der Waals surface area (Å²) in [5.41, 5.74) is 3.27. The van der Waals surface area contributed by atoms with Gasteiger partial charge in [-0.1, -0.05) is 23.8 Å². The molecule has 1 aromatic rings. The van der Waals surface area contributed by atoms with E-state index in [9.17, 15) is 4.79 Å². The van der Waals surface area contributed by atoms with Gasteiger partial charge in [0, 0.05) is 13.5 Å². The minimum atomic E-state index is -0.918. The Morgan fingerprint density at radius 2 is 2.13 bits per heavy atom. The van der Waals surface area contributed by atoms with Crippen LogP contribution in [0.1, 0.15) is 16.7 Å². The molecule has 0 radical (unpaired) electrons. The molecule has 0 heterocycles. The van der Waals surface area contributed by atoms with Gasteiger partial charge in [0.1, 0.15) is 0 Å². The van der Waals surface area contributed by atoms with Crippen LogP contribution in [0.25, 0.3) is 0 Å². The van der Waals surface area contributed by atoms with E-state index < -0.39 is 12.1 Å². The third-order valence-electron chi connectivity index (χ3n) is 2.47. The maximum atomic E-state index is 10.8. The molecule has 1 aromatic carbocycles. The molecule has 3 heteroatoms. The minimum Gasteiger partial charge on any atom is -0.479 e. The largest absolute Gasteiger partial charge is 0.479 e. The van der Waals surface area contributed by atoms with Gasteiger partial charge in [-0.3, -0.25) is 0 Å². The lowest BCUT2D eigenvalue weighted by Gasteiger charge is -2.12. The van der Waals surface area contributed by atoms with Gasteiger partial charge in [0.25, 0.3) is 0 Å². The second-order valence-corrected chi connectivity index (χ2v) is 3.70. The first-order valence-electron chi connectivity index (χ1n) is 4.86. The van der Waals surface area contributed by atoms with Crippen LogP contribution in [0.5, 0.6) is 0 Å². The van der Waals surface area contributed by atoms with Gasteiger partial charge < -0.3 is 9.84 Å². The van der Waals surface area contributed by atoms with Crippen molar-refractivity contribution in [3.05, 3.63) is 34.9 Å². The minimum absolute atomic E-state index is 0.416. The highest BCUT2D eigenvalue weighted by molar-refractivity contribution is 5.72. The summed E-state index contributed by atoms with van der Waals surface area (Å²) in [6, 6.07) is 6.02. The molecule has 0 unspecified atom stereocenters. The van der Waals surface area contributed by atoms with Crippen molar-refractivity contribution >= 4 is 5.97 Å². The third kappa shape index (κ3) is 3.06. The highest BCUT2D eigenvalue weighted by atomic mass is 16.5. The van der Waals surface area contributed by atoms with Gasteiger partial charge in [-0.25, -0.2) is 4.79 Å². The van der Waals surface area contributed by atoms with Gasteiger partial charge in [-0.2, -0.15) is 0 Å². The molecule has 82 valence electrons. The van der Waals surface area contributed by atoms with E-state index in [4.69, 9.17) is 9.84 Å². The number of carboxylic acids is 1. The molecule has 1 atom stereocenters. The Hall–Kier alpha value is -1.35. The molecule has 3 nitrogen and oxygen atoms in total. The predicted octanol–water partition coefficient (Wildman–Crippen LogP) is 1.95. The van der Waals surface area contributed by atoms with Crippen LogP contribution in [0.15, 0.2) is 18.2 Å². The van der Waals surface area contributed by atoms with E-state index in [2.05, 4.69) is 0 Å². The second kappa shape index (κ2) is 4.94. The molecule has 0 fully saturated rings. The fourth-order valence-corrected chi connectivity index (χ4v) is 1.49. The number of methoxy groups -OCH3 is 1. The van der Waals surface area contributed by atoms with E-state index in [1.54, 1.807) is 0 Å². The summed E-state index contributed by atoms with van der Waals surface area (Å²) < 4.78 is 4.91. The zero-order chi connectivity index (χ0) is 11.4. The number of carboxylic acid groups (broad SMARTS) is 1. The van der Waals surface area contributed by atoms with Crippen LogP contribution >= 0.6 is 0 Å². The van der Waals surface area contributed by atoms with Crippen LogP contribution in [0, 0.1) is 13.8 Å². The van der Waals surface area contributed by atoms with Gasteiger partial charge in [-0.05, 0) is 25.0 Å². The zero-order valence-corrected chi connectivity index (χ0v) is 9.28. The summed E-state index contributed by atoms with van der Waals surface area (Å²) in [6.45, 7) is 3.97. The molecule has 0 aliphatic heterocycles. The first kappa shape index (κ1) is 11.7. The van der Waals surface area contributed by atoms with Crippen LogP contribution < -0.4 is 0 Å². The number of hydrogen-bond donors (Lipinski definition) is 1. The monoisotopic (exact) mass is 208 g/mol. The van der Waals surface area contributed by atoms with Crippen molar-refractivity contribution in [2.75, 3.05) is 7.11 Å². The number of carbonyl (C=O) groups is 1. The number of ether oxygens (including phenoxy) is 1. The lowest BCUT2D eigenvalue weighted by molar-refractivity contribution is -0.148. The molecular formula is C12H16O3. The maximum Gasteiger partial charge on any atom is 0.333 e. The van der Waals surface area contributed by atoms with Crippen molar-refractivity contribution in [2.45, 2.75) is 26.4 Å². The molecule has 15 heavy (non-hydrogen) atoms. The summed E-state index contributed by atoms with van der Waals surface area (Å²) in [5, 5.41) is 8.87. The summed E-state index contributed by atoms with van der Waals surface area (Å²) in [6.07, 6.45) is -0.343. The Morgan fingerprint density at radius 3 is 2.67 bits per heavy atom. The van der Waals surface area contributed by atoms with Gasteiger partial charge in [-0.15, -0.1) is 0 Å². The summed E-state index contributed by atoms with van der Waals surface area (Å²) in [5.74, 6) is -0.918. The summed E-state index contributed by atoms with van der Waals surface area (Å²) >= 11 is 0. The lowest BCUT2D eigenvalue weighted by Crippen LogP contribution is -2.25.